The highest BCUT2D eigenvalue weighted by Gasteiger charge is 2.30. The molecule has 1 heterocycles. The van der Waals surface area contributed by atoms with E-state index in [1.807, 2.05) is 42.2 Å². The lowest BCUT2D eigenvalue weighted by atomic mass is 10.1. The number of ether oxygens (including phenoxy) is 1. The number of amides is 2. The average molecular weight is 318 g/mol. The van der Waals surface area contributed by atoms with Crippen molar-refractivity contribution in [1.29, 1.82) is 0 Å². The third-order valence-corrected chi connectivity index (χ3v) is 4.24. The van der Waals surface area contributed by atoms with Gasteiger partial charge in [-0.3, -0.25) is 9.59 Å². The molecular weight excluding hydrogens is 292 g/mol. The van der Waals surface area contributed by atoms with Crippen molar-refractivity contribution in [3.8, 4) is 0 Å². The van der Waals surface area contributed by atoms with Gasteiger partial charge in [0.1, 0.15) is 6.61 Å². The molecule has 126 valence electrons. The molecule has 1 aromatic rings. The summed E-state index contributed by atoms with van der Waals surface area (Å²) in [5, 5.41) is 0. The fraction of sp³-hybridized carbons (Fsp3) is 0.556. The van der Waals surface area contributed by atoms with Crippen molar-refractivity contribution >= 4 is 11.8 Å². The molecule has 1 aliphatic heterocycles. The van der Waals surface area contributed by atoms with Gasteiger partial charge in [-0.25, -0.2) is 0 Å². The number of carbonyl (C=O) groups excluding carboxylic acids is 2. The van der Waals surface area contributed by atoms with Crippen molar-refractivity contribution in [1.82, 2.24) is 9.80 Å². The molecule has 0 spiro atoms. The van der Waals surface area contributed by atoms with E-state index in [1.165, 1.54) is 0 Å². The standard InChI is InChI=1S/C18H26N2O3/c1-3-16-13-19(18(22)14-23-4-2)11-10-17(21)20(16)12-15-8-6-5-7-9-15/h5-9,16H,3-4,10-14H2,1-2H3. The lowest BCUT2D eigenvalue weighted by Gasteiger charge is -2.31. The first-order chi connectivity index (χ1) is 11.2. The van der Waals surface area contributed by atoms with E-state index in [1.54, 1.807) is 4.90 Å². The first-order valence-electron chi connectivity index (χ1n) is 8.34. The number of rotatable bonds is 6. The van der Waals surface area contributed by atoms with Crippen molar-refractivity contribution in [2.24, 2.45) is 0 Å². The SMILES string of the molecule is CCOCC(=O)N1CCC(=O)N(Cc2ccccc2)C(CC)C1. The molecule has 0 N–H and O–H groups in total. The van der Waals surface area contributed by atoms with Gasteiger partial charge in [-0.05, 0) is 18.9 Å². The van der Waals surface area contributed by atoms with Crippen LogP contribution in [0.2, 0.25) is 0 Å². The molecule has 5 nitrogen and oxygen atoms in total. The second kappa shape index (κ2) is 8.67. The second-order valence-corrected chi connectivity index (χ2v) is 5.80. The maximum absolute atomic E-state index is 12.5. The van der Waals surface area contributed by atoms with Gasteiger partial charge in [-0.15, -0.1) is 0 Å². The van der Waals surface area contributed by atoms with Crippen molar-refractivity contribution in [2.45, 2.75) is 39.3 Å². The molecule has 5 heteroatoms. The van der Waals surface area contributed by atoms with E-state index >= 15 is 0 Å². The summed E-state index contributed by atoms with van der Waals surface area (Å²) in [6, 6.07) is 10.0. The molecular formula is C18H26N2O3. The van der Waals surface area contributed by atoms with Gasteiger partial charge in [-0.2, -0.15) is 0 Å². The Bertz CT molecular complexity index is 518. The molecule has 1 unspecified atom stereocenters. The van der Waals surface area contributed by atoms with Crippen LogP contribution in [0, 0.1) is 0 Å². The van der Waals surface area contributed by atoms with Crippen LogP contribution in [0.15, 0.2) is 30.3 Å². The van der Waals surface area contributed by atoms with E-state index in [4.69, 9.17) is 4.74 Å². The van der Waals surface area contributed by atoms with Crippen molar-refractivity contribution in [2.75, 3.05) is 26.3 Å². The van der Waals surface area contributed by atoms with Gasteiger partial charge in [0.2, 0.25) is 11.8 Å². The van der Waals surface area contributed by atoms with Gasteiger partial charge >= 0.3 is 0 Å². The molecule has 0 bridgehead atoms. The normalized spacial score (nSPS) is 18.9. The number of carbonyl (C=O) groups is 2. The molecule has 2 amide bonds. The van der Waals surface area contributed by atoms with Gasteiger partial charge in [0.05, 0.1) is 0 Å². The number of benzene rings is 1. The number of nitrogens with zero attached hydrogens (tertiary/aromatic N) is 2. The zero-order valence-corrected chi connectivity index (χ0v) is 14.0. The van der Waals surface area contributed by atoms with Crippen molar-refractivity contribution < 1.29 is 14.3 Å². The average Bonchev–Trinajstić information content (AvgIpc) is 2.73. The summed E-state index contributed by atoms with van der Waals surface area (Å²) in [7, 11) is 0. The highest BCUT2D eigenvalue weighted by Crippen LogP contribution is 2.18. The van der Waals surface area contributed by atoms with Crippen LogP contribution in [-0.4, -0.2) is 54.0 Å². The maximum atomic E-state index is 12.5. The van der Waals surface area contributed by atoms with E-state index in [9.17, 15) is 9.59 Å². The Balaban J connectivity index is 2.08. The lowest BCUT2D eigenvalue weighted by Crippen LogP contribution is -2.44. The first kappa shape index (κ1) is 17.5. The summed E-state index contributed by atoms with van der Waals surface area (Å²) in [6.07, 6.45) is 1.21. The zero-order valence-electron chi connectivity index (χ0n) is 14.0. The van der Waals surface area contributed by atoms with Gasteiger partial charge in [0.15, 0.2) is 0 Å². The fourth-order valence-corrected chi connectivity index (χ4v) is 2.88. The molecule has 0 radical (unpaired) electrons. The highest BCUT2D eigenvalue weighted by atomic mass is 16.5. The summed E-state index contributed by atoms with van der Waals surface area (Å²) < 4.78 is 5.22. The third-order valence-electron chi connectivity index (χ3n) is 4.24. The van der Waals surface area contributed by atoms with Crippen LogP contribution in [0.1, 0.15) is 32.3 Å². The monoisotopic (exact) mass is 318 g/mol. The van der Waals surface area contributed by atoms with Crippen LogP contribution >= 0.6 is 0 Å². The highest BCUT2D eigenvalue weighted by molar-refractivity contribution is 5.81. The van der Waals surface area contributed by atoms with Crippen LogP contribution < -0.4 is 0 Å². The summed E-state index contributed by atoms with van der Waals surface area (Å²) in [4.78, 5) is 28.4. The molecule has 1 aromatic carbocycles. The minimum Gasteiger partial charge on any atom is -0.372 e. The quantitative estimate of drug-likeness (QED) is 0.807. The Hall–Kier alpha value is -1.88. The van der Waals surface area contributed by atoms with Gasteiger partial charge < -0.3 is 14.5 Å². The fourth-order valence-electron chi connectivity index (χ4n) is 2.88. The second-order valence-electron chi connectivity index (χ2n) is 5.80. The zero-order chi connectivity index (χ0) is 16.7. The minimum absolute atomic E-state index is 0.0281. The molecule has 1 aliphatic rings. The summed E-state index contributed by atoms with van der Waals surface area (Å²) in [5.41, 5.74) is 1.12. The Kier molecular flexibility index (Phi) is 6.59. The third kappa shape index (κ3) is 4.79. The topological polar surface area (TPSA) is 49.9 Å². The Labute approximate surface area is 138 Å². The predicted octanol–water partition coefficient (Wildman–Crippen LogP) is 2.06. The van der Waals surface area contributed by atoms with Crippen LogP contribution in [-0.2, 0) is 20.9 Å². The van der Waals surface area contributed by atoms with E-state index < -0.39 is 0 Å². The van der Waals surface area contributed by atoms with E-state index in [0.717, 1.165) is 12.0 Å². The largest absolute Gasteiger partial charge is 0.372 e. The first-order valence-corrected chi connectivity index (χ1v) is 8.34. The minimum atomic E-state index is -0.0281. The maximum Gasteiger partial charge on any atom is 0.248 e. The van der Waals surface area contributed by atoms with Crippen LogP contribution in [0.3, 0.4) is 0 Å². The Morgan fingerprint density at radius 1 is 1.26 bits per heavy atom. The smallest absolute Gasteiger partial charge is 0.248 e. The summed E-state index contributed by atoms with van der Waals surface area (Å²) >= 11 is 0. The summed E-state index contributed by atoms with van der Waals surface area (Å²) in [6.45, 7) is 6.22. The van der Waals surface area contributed by atoms with Gasteiger partial charge in [0.25, 0.3) is 0 Å². The van der Waals surface area contributed by atoms with E-state index in [-0.39, 0.29) is 24.5 Å². The Morgan fingerprint density at radius 2 is 2.00 bits per heavy atom. The molecule has 0 saturated carbocycles. The molecule has 1 fully saturated rings. The van der Waals surface area contributed by atoms with Gasteiger partial charge in [0, 0.05) is 38.7 Å². The molecule has 1 saturated heterocycles. The van der Waals surface area contributed by atoms with Crippen LogP contribution in [0.4, 0.5) is 0 Å². The predicted molar refractivity (Wildman–Crippen MR) is 88.8 cm³/mol. The number of hydrogen-bond donors (Lipinski definition) is 0. The van der Waals surface area contributed by atoms with Crippen LogP contribution in [0.25, 0.3) is 0 Å². The molecule has 1 atom stereocenters. The van der Waals surface area contributed by atoms with Crippen molar-refractivity contribution in [3.05, 3.63) is 35.9 Å². The van der Waals surface area contributed by atoms with Crippen LogP contribution in [0.5, 0.6) is 0 Å². The number of hydrogen-bond acceptors (Lipinski definition) is 3. The molecule has 23 heavy (non-hydrogen) atoms. The lowest BCUT2D eigenvalue weighted by molar-refractivity contribution is -0.136. The van der Waals surface area contributed by atoms with E-state index in [2.05, 4.69) is 6.92 Å². The summed E-state index contributed by atoms with van der Waals surface area (Å²) in [5.74, 6) is 0.0899. The molecule has 2 rings (SSSR count). The molecule has 0 aliphatic carbocycles. The Morgan fingerprint density at radius 3 is 2.65 bits per heavy atom. The van der Waals surface area contributed by atoms with E-state index in [0.29, 0.717) is 32.7 Å². The van der Waals surface area contributed by atoms with Gasteiger partial charge in [-0.1, -0.05) is 37.3 Å². The molecule has 0 aromatic heterocycles. The van der Waals surface area contributed by atoms with Crippen molar-refractivity contribution in [3.63, 3.8) is 0 Å².